The van der Waals surface area contributed by atoms with Crippen LogP contribution in [0.2, 0.25) is 0 Å². The predicted molar refractivity (Wildman–Crippen MR) is 131 cm³/mol. The molecule has 2 unspecified atom stereocenters. The molecule has 8 heteroatoms. The fraction of sp³-hybridized carbons (Fsp3) is 0.667. The van der Waals surface area contributed by atoms with Crippen molar-refractivity contribution in [1.29, 1.82) is 0 Å². The SMILES string of the molecule is CC.CC.CCN(C)C1CC(C)OC(C)C1.Cc1cn(Cc2ccc([N+](=O)[O-])cc2)nn1. The van der Waals surface area contributed by atoms with Crippen molar-refractivity contribution in [3.8, 4) is 0 Å². The molecule has 1 saturated heterocycles. The Morgan fingerprint density at radius 2 is 1.66 bits per heavy atom. The van der Waals surface area contributed by atoms with E-state index >= 15 is 0 Å². The van der Waals surface area contributed by atoms with Crippen LogP contribution >= 0.6 is 0 Å². The molecule has 0 bridgehead atoms. The number of ether oxygens (including phenoxy) is 1. The number of rotatable bonds is 5. The Balaban J connectivity index is 0.000000536. The summed E-state index contributed by atoms with van der Waals surface area (Å²) in [5, 5.41) is 18.2. The normalized spacial score (nSPS) is 19.5. The number of non-ortho nitro benzene ring substituents is 1. The second-order valence-corrected chi connectivity index (χ2v) is 7.44. The summed E-state index contributed by atoms with van der Waals surface area (Å²) in [7, 11) is 2.20. The van der Waals surface area contributed by atoms with Crippen molar-refractivity contribution in [2.75, 3.05) is 13.6 Å². The van der Waals surface area contributed by atoms with Crippen molar-refractivity contribution in [2.45, 2.75) is 93.0 Å². The number of nitro groups is 1. The minimum absolute atomic E-state index is 0.0959. The van der Waals surface area contributed by atoms with Gasteiger partial charge in [-0.2, -0.15) is 0 Å². The van der Waals surface area contributed by atoms with Crippen molar-refractivity contribution in [3.05, 3.63) is 51.8 Å². The van der Waals surface area contributed by atoms with Crippen LogP contribution in [0, 0.1) is 17.0 Å². The lowest BCUT2D eigenvalue weighted by Gasteiger charge is -2.37. The van der Waals surface area contributed by atoms with Gasteiger partial charge in [0.15, 0.2) is 0 Å². The summed E-state index contributed by atoms with van der Waals surface area (Å²) in [6, 6.07) is 7.14. The first-order chi connectivity index (χ1) is 15.3. The Hall–Kier alpha value is -2.32. The number of hydrogen-bond acceptors (Lipinski definition) is 6. The van der Waals surface area contributed by atoms with E-state index in [-0.39, 0.29) is 5.69 Å². The highest BCUT2D eigenvalue weighted by Crippen LogP contribution is 2.22. The molecule has 1 fully saturated rings. The number of aromatic nitrogens is 3. The van der Waals surface area contributed by atoms with Gasteiger partial charge in [0.2, 0.25) is 0 Å². The molecular formula is C24H43N5O3. The summed E-state index contributed by atoms with van der Waals surface area (Å²) in [6.45, 7) is 18.1. The van der Waals surface area contributed by atoms with Gasteiger partial charge in [-0.15, -0.1) is 5.10 Å². The largest absolute Gasteiger partial charge is 0.375 e. The van der Waals surface area contributed by atoms with Crippen LogP contribution in [0.25, 0.3) is 0 Å². The lowest BCUT2D eigenvalue weighted by atomic mass is 9.99. The maximum atomic E-state index is 10.5. The van der Waals surface area contributed by atoms with E-state index in [9.17, 15) is 10.1 Å². The average Bonchev–Trinajstić information content (AvgIpc) is 3.20. The average molecular weight is 450 g/mol. The third-order valence-corrected chi connectivity index (χ3v) is 4.94. The summed E-state index contributed by atoms with van der Waals surface area (Å²) in [4.78, 5) is 12.5. The molecule has 2 heterocycles. The van der Waals surface area contributed by atoms with Crippen molar-refractivity contribution >= 4 is 5.69 Å². The van der Waals surface area contributed by atoms with Crippen molar-refractivity contribution < 1.29 is 9.66 Å². The molecule has 0 saturated carbocycles. The molecule has 2 atom stereocenters. The van der Waals surface area contributed by atoms with E-state index in [0.717, 1.165) is 23.8 Å². The van der Waals surface area contributed by atoms with Gasteiger partial charge >= 0.3 is 0 Å². The highest BCUT2D eigenvalue weighted by Gasteiger charge is 2.26. The molecule has 0 spiro atoms. The number of nitro benzene ring substituents is 1. The van der Waals surface area contributed by atoms with E-state index in [1.807, 2.05) is 40.8 Å². The number of nitrogens with zero attached hydrogens (tertiary/aromatic N) is 5. The van der Waals surface area contributed by atoms with E-state index < -0.39 is 4.92 Å². The lowest BCUT2D eigenvalue weighted by Crippen LogP contribution is -2.42. The summed E-state index contributed by atoms with van der Waals surface area (Å²) in [6.07, 6.45) is 5.07. The summed E-state index contributed by atoms with van der Waals surface area (Å²) in [5.41, 5.74) is 1.90. The van der Waals surface area contributed by atoms with Crippen LogP contribution in [-0.4, -0.2) is 56.7 Å². The highest BCUT2D eigenvalue weighted by atomic mass is 16.6. The molecule has 0 N–H and O–H groups in total. The molecule has 182 valence electrons. The molecule has 0 aliphatic carbocycles. The summed E-state index contributed by atoms with van der Waals surface area (Å²) in [5.74, 6) is 0. The number of aryl methyl sites for hydroxylation is 1. The molecule has 3 rings (SSSR count). The van der Waals surface area contributed by atoms with Gasteiger partial charge in [-0.05, 0) is 52.8 Å². The lowest BCUT2D eigenvalue weighted by molar-refractivity contribution is -0.384. The smallest absolute Gasteiger partial charge is 0.269 e. The van der Waals surface area contributed by atoms with Crippen molar-refractivity contribution in [2.24, 2.45) is 0 Å². The molecule has 1 aliphatic rings. The molecule has 32 heavy (non-hydrogen) atoms. The Labute approximate surface area is 194 Å². The van der Waals surface area contributed by atoms with E-state index in [1.54, 1.807) is 16.8 Å². The Kier molecular flexibility index (Phi) is 15.1. The van der Waals surface area contributed by atoms with E-state index in [2.05, 4.69) is 43.0 Å². The van der Waals surface area contributed by atoms with Gasteiger partial charge in [0.05, 0.1) is 29.4 Å². The van der Waals surface area contributed by atoms with Crippen LogP contribution < -0.4 is 0 Å². The third kappa shape index (κ3) is 10.8. The van der Waals surface area contributed by atoms with Gasteiger partial charge in [0, 0.05) is 24.4 Å². The van der Waals surface area contributed by atoms with Crippen LogP contribution in [0.4, 0.5) is 5.69 Å². The maximum absolute atomic E-state index is 10.5. The minimum Gasteiger partial charge on any atom is -0.375 e. The molecule has 1 aromatic carbocycles. The fourth-order valence-electron chi connectivity index (χ4n) is 3.37. The van der Waals surface area contributed by atoms with Gasteiger partial charge < -0.3 is 9.64 Å². The molecule has 1 aliphatic heterocycles. The minimum atomic E-state index is -0.413. The monoisotopic (exact) mass is 449 g/mol. The quantitative estimate of drug-likeness (QED) is 0.443. The Bertz CT molecular complexity index is 738. The maximum Gasteiger partial charge on any atom is 0.269 e. The summed E-state index contributed by atoms with van der Waals surface area (Å²) >= 11 is 0. The first kappa shape index (κ1) is 29.7. The molecule has 8 nitrogen and oxygen atoms in total. The fourth-order valence-corrected chi connectivity index (χ4v) is 3.37. The number of benzene rings is 1. The second kappa shape index (κ2) is 16.3. The van der Waals surface area contributed by atoms with Gasteiger partial charge in [-0.25, -0.2) is 4.68 Å². The molecular weight excluding hydrogens is 406 g/mol. The van der Waals surface area contributed by atoms with Crippen molar-refractivity contribution in [1.82, 2.24) is 19.9 Å². The van der Waals surface area contributed by atoms with E-state index in [0.29, 0.717) is 18.8 Å². The van der Waals surface area contributed by atoms with Crippen LogP contribution in [-0.2, 0) is 11.3 Å². The molecule has 2 aromatic rings. The topological polar surface area (TPSA) is 86.3 Å². The summed E-state index contributed by atoms with van der Waals surface area (Å²) < 4.78 is 7.38. The zero-order valence-electron chi connectivity index (χ0n) is 21.4. The van der Waals surface area contributed by atoms with Gasteiger partial charge in [-0.3, -0.25) is 10.1 Å². The van der Waals surface area contributed by atoms with E-state index in [1.165, 1.54) is 25.0 Å². The van der Waals surface area contributed by atoms with Crippen LogP contribution in [0.1, 0.15) is 72.6 Å². The standard InChI is InChI=1S/C10H10N4O2.C10H21NO.2C2H6/c1-8-6-13(12-11-8)7-9-2-4-10(5-3-9)14(15)16;1-5-11(4)10-6-8(2)12-9(3)7-10;2*1-2/h2-6H,7H2,1H3;8-10H,5-7H2,1-4H3;2*1-2H3. The van der Waals surface area contributed by atoms with Crippen LogP contribution in [0.3, 0.4) is 0 Å². The first-order valence-electron chi connectivity index (χ1n) is 11.7. The second-order valence-electron chi connectivity index (χ2n) is 7.44. The van der Waals surface area contributed by atoms with E-state index in [4.69, 9.17) is 4.74 Å². The first-order valence-corrected chi connectivity index (χ1v) is 11.7. The predicted octanol–water partition coefficient (Wildman–Crippen LogP) is 5.49. The van der Waals surface area contributed by atoms with Gasteiger partial charge in [0.1, 0.15) is 0 Å². The molecule has 0 amide bonds. The van der Waals surface area contributed by atoms with Gasteiger partial charge in [0.25, 0.3) is 5.69 Å². The molecule has 0 radical (unpaired) electrons. The number of hydrogen-bond donors (Lipinski definition) is 0. The van der Waals surface area contributed by atoms with Crippen molar-refractivity contribution in [3.63, 3.8) is 0 Å². The molecule has 1 aromatic heterocycles. The highest BCUT2D eigenvalue weighted by molar-refractivity contribution is 5.32. The Morgan fingerprint density at radius 3 is 2.06 bits per heavy atom. The third-order valence-electron chi connectivity index (χ3n) is 4.94. The van der Waals surface area contributed by atoms with Crippen LogP contribution in [0.5, 0.6) is 0 Å². The Morgan fingerprint density at radius 1 is 1.12 bits per heavy atom. The zero-order valence-corrected chi connectivity index (χ0v) is 21.4. The van der Waals surface area contributed by atoms with Crippen LogP contribution in [0.15, 0.2) is 30.5 Å². The van der Waals surface area contributed by atoms with Gasteiger partial charge in [-0.1, -0.05) is 52.0 Å². The zero-order chi connectivity index (χ0) is 24.7.